The lowest BCUT2D eigenvalue weighted by molar-refractivity contribution is 0.0952. The zero-order valence-corrected chi connectivity index (χ0v) is 16.8. The monoisotopic (exact) mass is 396 g/mol. The van der Waals surface area contributed by atoms with E-state index >= 15 is 0 Å². The molecule has 2 aromatic carbocycles. The Morgan fingerprint density at radius 1 is 1.10 bits per heavy atom. The minimum Gasteiger partial charge on any atom is -0.351 e. The quantitative estimate of drug-likeness (QED) is 0.713. The number of likely N-dealkylation sites (N-methyl/N-ethyl adjacent to an activating group) is 1. The number of aliphatic imine (C=N–C) groups is 2. The van der Waals surface area contributed by atoms with Gasteiger partial charge in [-0.2, -0.15) is 0 Å². The van der Waals surface area contributed by atoms with Crippen LogP contribution in [-0.2, 0) is 0 Å². The predicted molar refractivity (Wildman–Crippen MR) is 119 cm³/mol. The second kappa shape index (κ2) is 7.27. The number of hydrogen-bond donors (Lipinski definition) is 1. The Morgan fingerprint density at radius 2 is 2.00 bits per heavy atom. The van der Waals surface area contributed by atoms with Crippen molar-refractivity contribution in [2.75, 3.05) is 27.2 Å². The first-order valence-electron chi connectivity index (χ1n) is 9.77. The van der Waals surface area contributed by atoms with Gasteiger partial charge >= 0.3 is 0 Å². The minimum atomic E-state index is -0.154. The van der Waals surface area contributed by atoms with Gasteiger partial charge in [0.1, 0.15) is 5.69 Å². The van der Waals surface area contributed by atoms with Crippen molar-refractivity contribution in [3.05, 3.63) is 64.3 Å². The van der Waals surface area contributed by atoms with Gasteiger partial charge in [-0.05, 0) is 44.4 Å². The summed E-state index contributed by atoms with van der Waals surface area (Å²) < 4.78 is 0. The lowest BCUT2D eigenvalue weighted by atomic mass is 10.0. The number of rotatable bonds is 5. The normalized spacial score (nSPS) is 13.6. The summed E-state index contributed by atoms with van der Waals surface area (Å²) in [6.07, 6.45) is 5.43. The Kier molecular flexibility index (Phi) is 4.44. The fourth-order valence-corrected chi connectivity index (χ4v) is 3.60. The van der Waals surface area contributed by atoms with E-state index in [0.717, 1.165) is 39.4 Å². The van der Waals surface area contributed by atoms with Crippen molar-refractivity contribution in [2.45, 2.75) is 0 Å². The number of carbonyl (C=O) groups is 1. The molecule has 3 aromatic rings. The molecule has 0 spiro atoms. The molecule has 0 fully saturated rings. The van der Waals surface area contributed by atoms with E-state index < -0.39 is 0 Å². The Morgan fingerprint density at radius 3 is 2.87 bits per heavy atom. The van der Waals surface area contributed by atoms with Gasteiger partial charge in [0.25, 0.3) is 5.91 Å². The number of nitrogens with zero attached hydrogens (tertiary/aromatic N) is 5. The molecule has 5 rings (SSSR count). The van der Waals surface area contributed by atoms with E-state index in [1.165, 1.54) is 0 Å². The van der Waals surface area contributed by atoms with Gasteiger partial charge in [-0.1, -0.05) is 12.1 Å². The summed E-state index contributed by atoms with van der Waals surface area (Å²) in [6, 6.07) is 11.6. The number of amidine groups is 1. The molecule has 1 N–H and O–H groups in total. The highest BCUT2D eigenvalue weighted by atomic mass is 16.1. The number of pyridine rings is 1. The van der Waals surface area contributed by atoms with E-state index in [1.807, 2.05) is 61.5 Å². The molecule has 3 heterocycles. The lowest BCUT2D eigenvalue weighted by Gasteiger charge is -2.12. The highest BCUT2D eigenvalue weighted by Crippen LogP contribution is 2.27. The van der Waals surface area contributed by atoms with Crippen molar-refractivity contribution >= 4 is 46.3 Å². The van der Waals surface area contributed by atoms with Crippen LogP contribution in [0.5, 0.6) is 0 Å². The molecule has 7 heteroatoms. The van der Waals surface area contributed by atoms with Crippen LogP contribution in [0.2, 0.25) is 0 Å². The molecule has 1 aromatic heterocycles. The molecule has 2 aliphatic rings. The van der Waals surface area contributed by atoms with Crippen LogP contribution >= 0.6 is 0 Å². The smallest absolute Gasteiger partial charge is 0.253 e. The zero-order valence-electron chi connectivity index (χ0n) is 16.8. The summed E-state index contributed by atoms with van der Waals surface area (Å²) in [5.41, 5.74) is 3.59. The summed E-state index contributed by atoms with van der Waals surface area (Å²) in [4.78, 5) is 33.2. The standard InChI is InChI=1S/C23H20N6O/c1-29(2)11-10-26-23(30)17-13-16(12-15-4-3-8-24-19(15)17)22-27-18-6-5-14-7-9-25-20(14)21(18)28-22/h3-9,12-13H,10-11H2,1-2H3,(H,26,30). The number of nitrogens with one attached hydrogen (secondary N) is 1. The van der Waals surface area contributed by atoms with Crippen LogP contribution in [0.1, 0.15) is 15.9 Å². The molecule has 0 bridgehead atoms. The number of carbonyl (C=O) groups excluding carboxylic acids is 1. The topological polar surface area (TPSA) is 82.3 Å². The SMILES string of the molecule is CN(C)CCNC(=O)c1cc(C2=Nc3c4c(ccc3=N2)=CC=N4)cc2cccnc12. The van der Waals surface area contributed by atoms with Crippen molar-refractivity contribution in [1.29, 1.82) is 0 Å². The molecule has 0 aliphatic carbocycles. The van der Waals surface area contributed by atoms with E-state index in [2.05, 4.69) is 15.3 Å². The van der Waals surface area contributed by atoms with Crippen molar-refractivity contribution in [3.8, 4) is 0 Å². The number of benzene rings is 2. The van der Waals surface area contributed by atoms with Crippen LogP contribution in [0, 0.1) is 0 Å². The highest BCUT2D eigenvalue weighted by Gasteiger charge is 2.19. The summed E-state index contributed by atoms with van der Waals surface area (Å²) in [5, 5.41) is 5.68. The number of aromatic nitrogens is 1. The minimum absolute atomic E-state index is 0.154. The van der Waals surface area contributed by atoms with Crippen molar-refractivity contribution in [2.24, 2.45) is 15.0 Å². The van der Waals surface area contributed by atoms with E-state index in [9.17, 15) is 4.79 Å². The largest absolute Gasteiger partial charge is 0.351 e. The average molecular weight is 396 g/mol. The molecule has 0 saturated carbocycles. The molecular weight excluding hydrogens is 376 g/mol. The van der Waals surface area contributed by atoms with Gasteiger partial charge in [-0.3, -0.25) is 14.8 Å². The van der Waals surface area contributed by atoms with Crippen LogP contribution < -0.4 is 15.9 Å². The van der Waals surface area contributed by atoms with Crippen LogP contribution in [0.3, 0.4) is 0 Å². The third-order valence-corrected chi connectivity index (χ3v) is 5.12. The molecule has 1 amide bonds. The number of amides is 1. The van der Waals surface area contributed by atoms with Crippen LogP contribution in [0.15, 0.2) is 57.6 Å². The van der Waals surface area contributed by atoms with Crippen LogP contribution in [0.25, 0.3) is 17.0 Å². The maximum absolute atomic E-state index is 12.9. The molecule has 148 valence electrons. The lowest BCUT2D eigenvalue weighted by Crippen LogP contribution is -2.31. The van der Waals surface area contributed by atoms with Gasteiger partial charge in [-0.25, -0.2) is 9.98 Å². The first-order valence-corrected chi connectivity index (χ1v) is 9.77. The molecule has 0 atom stereocenters. The Hall–Kier alpha value is -3.71. The molecule has 0 unspecified atom stereocenters. The van der Waals surface area contributed by atoms with Gasteiger partial charge in [0.05, 0.1) is 22.1 Å². The number of hydrogen-bond acceptors (Lipinski definition) is 6. The van der Waals surface area contributed by atoms with Crippen LogP contribution in [-0.4, -0.2) is 55.0 Å². The van der Waals surface area contributed by atoms with E-state index in [1.54, 1.807) is 12.4 Å². The predicted octanol–water partition coefficient (Wildman–Crippen LogP) is 1.73. The first kappa shape index (κ1) is 18.3. The zero-order chi connectivity index (χ0) is 20.7. The van der Waals surface area contributed by atoms with Gasteiger partial charge in [0, 0.05) is 41.7 Å². The molecule has 30 heavy (non-hydrogen) atoms. The fraction of sp³-hybridized carbons (Fsp3) is 0.174. The second-order valence-corrected chi connectivity index (χ2v) is 7.52. The summed E-state index contributed by atoms with van der Waals surface area (Å²) in [5.74, 6) is 0.423. The Bertz CT molecular complexity index is 1370. The molecule has 0 radical (unpaired) electrons. The second-order valence-electron chi connectivity index (χ2n) is 7.52. The molecule has 2 aliphatic heterocycles. The van der Waals surface area contributed by atoms with Crippen molar-refractivity contribution in [3.63, 3.8) is 0 Å². The van der Waals surface area contributed by atoms with Crippen molar-refractivity contribution < 1.29 is 4.79 Å². The summed E-state index contributed by atoms with van der Waals surface area (Å²) in [7, 11) is 3.94. The fourth-order valence-electron chi connectivity index (χ4n) is 3.60. The maximum Gasteiger partial charge on any atom is 0.253 e. The Labute approximate surface area is 173 Å². The van der Waals surface area contributed by atoms with Gasteiger partial charge < -0.3 is 10.2 Å². The van der Waals surface area contributed by atoms with E-state index in [4.69, 9.17) is 9.98 Å². The summed E-state index contributed by atoms with van der Waals surface area (Å²) in [6.45, 7) is 1.32. The molecule has 7 nitrogen and oxygen atoms in total. The molecular formula is C23H20N6O. The van der Waals surface area contributed by atoms with Gasteiger partial charge in [0.2, 0.25) is 0 Å². The average Bonchev–Trinajstić information content (AvgIpc) is 3.39. The maximum atomic E-state index is 12.9. The first-order chi connectivity index (χ1) is 14.6. The molecule has 0 saturated heterocycles. The van der Waals surface area contributed by atoms with Crippen molar-refractivity contribution in [1.82, 2.24) is 15.2 Å². The van der Waals surface area contributed by atoms with Gasteiger partial charge in [-0.15, -0.1) is 0 Å². The van der Waals surface area contributed by atoms with Crippen LogP contribution in [0.4, 0.5) is 11.4 Å². The number of fused-ring (bicyclic) bond motifs is 4. The van der Waals surface area contributed by atoms with E-state index in [0.29, 0.717) is 23.5 Å². The summed E-state index contributed by atoms with van der Waals surface area (Å²) >= 11 is 0. The van der Waals surface area contributed by atoms with E-state index in [-0.39, 0.29) is 5.91 Å². The van der Waals surface area contributed by atoms with Gasteiger partial charge in [0.15, 0.2) is 5.84 Å². The Balaban J connectivity index is 1.57. The third kappa shape index (κ3) is 3.19. The highest BCUT2D eigenvalue weighted by molar-refractivity contribution is 6.12. The third-order valence-electron chi connectivity index (χ3n) is 5.12.